The molecule has 2 amide bonds. The van der Waals surface area contributed by atoms with E-state index in [1.165, 1.54) is 11.8 Å². The van der Waals surface area contributed by atoms with Crippen LogP contribution in [0.3, 0.4) is 0 Å². The van der Waals surface area contributed by atoms with Crippen LogP contribution < -0.4 is 5.32 Å². The topological polar surface area (TPSA) is 52.7 Å². The lowest BCUT2D eigenvalue weighted by atomic mass is 10.4. The molecule has 1 aliphatic rings. The molecule has 18 heavy (non-hydrogen) atoms. The largest absolute Gasteiger partial charge is 0.471 e. The molecule has 1 saturated heterocycles. The van der Waals surface area contributed by atoms with Crippen molar-refractivity contribution in [3.8, 4) is 0 Å². The van der Waals surface area contributed by atoms with Crippen molar-refractivity contribution in [2.75, 3.05) is 39.3 Å². The number of hydrogen-bond acceptors (Lipinski definition) is 3. The van der Waals surface area contributed by atoms with Crippen molar-refractivity contribution in [1.82, 2.24) is 15.1 Å². The van der Waals surface area contributed by atoms with Gasteiger partial charge in [0, 0.05) is 46.2 Å². The lowest BCUT2D eigenvalue weighted by Crippen LogP contribution is -2.46. The number of amides is 2. The molecule has 1 rings (SSSR count). The van der Waals surface area contributed by atoms with Crippen LogP contribution in [0, 0.1) is 0 Å². The number of carbonyl (C=O) groups is 2. The Morgan fingerprint density at radius 3 is 2.00 bits per heavy atom. The quantitative estimate of drug-likeness (QED) is 0.663. The van der Waals surface area contributed by atoms with Gasteiger partial charge in [0.2, 0.25) is 5.91 Å². The monoisotopic (exact) mass is 267 g/mol. The minimum absolute atomic E-state index is 0.00983. The number of rotatable bonds is 0. The third-order valence-corrected chi connectivity index (χ3v) is 2.73. The molecular formula is C10H16F3N3O2. The summed E-state index contributed by atoms with van der Waals surface area (Å²) < 4.78 is 37.0. The second-order valence-electron chi connectivity index (χ2n) is 4.05. The van der Waals surface area contributed by atoms with Crippen LogP contribution in [0.1, 0.15) is 6.92 Å². The Kier molecular flexibility index (Phi) is 4.94. The molecule has 5 nitrogen and oxygen atoms in total. The molecule has 8 heteroatoms. The van der Waals surface area contributed by atoms with Crippen molar-refractivity contribution >= 4 is 11.8 Å². The average Bonchev–Trinajstić information content (AvgIpc) is 2.37. The van der Waals surface area contributed by atoms with Crippen LogP contribution >= 0.6 is 0 Å². The van der Waals surface area contributed by atoms with Gasteiger partial charge >= 0.3 is 12.1 Å². The first kappa shape index (κ1) is 14.7. The van der Waals surface area contributed by atoms with E-state index in [0.29, 0.717) is 13.1 Å². The van der Waals surface area contributed by atoms with Gasteiger partial charge in [0.1, 0.15) is 0 Å². The molecule has 0 aromatic heterocycles. The van der Waals surface area contributed by atoms with Gasteiger partial charge in [0.15, 0.2) is 0 Å². The summed E-state index contributed by atoms with van der Waals surface area (Å²) in [4.78, 5) is 24.5. The second-order valence-corrected chi connectivity index (χ2v) is 4.05. The predicted molar refractivity (Wildman–Crippen MR) is 57.8 cm³/mol. The first-order valence-corrected chi connectivity index (χ1v) is 5.64. The zero-order valence-corrected chi connectivity index (χ0v) is 10.1. The molecule has 0 atom stereocenters. The molecule has 1 N–H and O–H groups in total. The summed E-state index contributed by atoms with van der Waals surface area (Å²) in [6.45, 7) is 2.60. The van der Waals surface area contributed by atoms with E-state index in [9.17, 15) is 22.8 Å². The Hall–Kier alpha value is -1.31. The van der Waals surface area contributed by atoms with E-state index in [4.69, 9.17) is 0 Å². The van der Waals surface area contributed by atoms with Crippen LogP contribution in [0.2, 0.25) is 0 Å². The summed E-state index contributed by atoms with van der Waals surface area (Å²) in [5.41, 5.74) is 0. The van der Waals surface area contributed by atoms with Crippen LogP contribution in [0.15, 0.2) is 0 Å². The van der Waals surface area contributed by atoms with Gasteiger partial charge in [-0.25, -0.2) is 0 Å². The highest BCUT2D eigenvalue weighted by Gasteiger charge is 2.42. The molecular weight excluding hydrogens is 251 g/mol. The minimum atomic E-state index is -4.87. The molecule has 0 aromatic carbocycles. The Bertz CT molecular complexity index is 320. The maximum Gasteiger partial charge on any atom is 0.471 e. The molecule has 0 aliphatic carbocycles. The summed E-state index contributed by atoms with van der Waals surface area (Å²) in [6, 6.07) is 0. The highest BCUT2D eigenvalue weighted by Crippen LogP contribution is 2.18. The molecule has 0 saturated carbocycles. The van der Waals surface area contributed by atoms with Crippen LogP contribution in [0.25, 0.3) is 0 Å². The van der Waals surface area contributed by atoms with Crippen LogP contribution in [0.4, 0.5) is 13.2 Å². The van der Waals surface area contributed by atoms with E-state index < -0.39 is 12.1 Å². The zero-order chi connectivity index (χ0) is 13.8. The van der Waals surface area contributed by atoms with E-state index in [-0.39, 0.29) is 32.1 Å². The van der Waals surface area contributed by atoms with E-state index >= 15 is 0 Å². The third kappa shape index (κ3) is 4.17. The first-order chi connectivity index (χ1) is 8.32. The van der Waals surface area contributed by atoms with Crippen molar-refractivity contribution < 1.29 is 22.8 Å². The Morgan fingerprint density at radius 2 is 1.50 bits per heavy atom. The van der Waals surface area contributed by atoms with Gasteiger partial charge in [0.25, 0.3) is 0 Å². The van der Waals surface area contributed by atoms with Gasteiger partial charge in [-0.05, 0) is 0 Å². The molecule has 0 spiro atoms. The van der Waals surface area contributed by atoms with Gasteiger partial charge in [0.05, 0.1) is 0 Å². The molecule has 1 fully saturated rings. The summed E-state index contributed by atoms with van der Waals surface area (Å²) in [5.74, 6) is -2.06. The van der Waals surface area contributed by atoms with E-state index in [1.807, 2.05) is 0 Å². The van der Waals surface area contributed by atoms with Crippen LogP contribution in [-0.4, -0.2) is 67.1 Å². The number of nitrogens with one attached hydrogen (secondary N) is 1. The van der Waals surface area contributed by atoms with Crippen molar-refractivity contribution in [1.29, 1.82) is 0 Å². The van der Waals surface area contributed by atoms with Gasteiger partial charge in [-0.2, -0.15) is 13.2 Å². The van der Waals surface area contributed by atoms with Gasteiger partial charge in [-0.3, -0.25) is 9.59 Å². The Morgan fingerprint density at radius 1 is 1.00 bits per heavy atom. The Balaban J connectivity index is 2.68. The highest BCUT2D eigenvalue weighted by atomic mass is 19.4. The van der Waals surface area contributed by atoms with Crippen LogP contribution in [-0.2, 0) is 9.59 Å². The lowest BCUT2D eigenvalue weighted by molar-refractivity contribution is -0.185. The standard InChI is InChI=1S/C10H16F3N3O2/c1-8(17)15-4-2-14-3-5-16(7-6-15)9(18)10(11,12)13/h14H,2-7H2,1H3. The number of nitrogens with zero attached hydrogens (tertiary/aromatic N) is 2. The zero-order valence-electron chi connectivity index (χ0n) is 10.1. The Labute approximate surface area is 103 Å². The highest BCUT2D eigenvalue weighted by molar-refractivity contribution is 5.82. The molecule has 0 unspecified atom stereocenters. The van der Waals surface area contributed by atoms with Crippen molar-refractivity contribution in [3.05, 3.63) is 0 Å². The first-order valence-electron chi connectivity index (χ1n) is 5.64. The average molecular weight is 267 g/mol. The fourth-order valence-electron chi connectivity index (χ4n) is 1.72. The maximum atomic E-state index is 12.3. The molecule has 0 bridgehead atoms. The minimum Gasteiger partial charge on any atom is -0.340 e. The van der Waals surface area contributed by atoms with E-state index in [2.05, 4.69) is 5.32 Å². The van der Waals surface area contributed by atoms with Crippen LogP contribution in [0.5, 0.6) is 0 Å². The van der Waals surface area contributed by atoms with E-state index in [0.717, 1.165) is 4.90 Å². The summed E-state index contributed by atoms with van der Waals surface area (Å²) in [5, 5.41) is 2.89. The molecule has 1 heterocycles. The normalized spacial score (nSPS) is 18.9. The number of alkyl halides is 3. The number of halogens is 3. The lowest BCUT2D eigenvalue weighted by Gasteiger charge is -2.25. The number of carbonyl (C=O) groups excluding carboxylic acids is 2. The van der Waals surface area contributed by atoms with Gasteiger partial charge in [-0.15, -0.1) is 0 Å². The van der Waals surface area contributed by atoms with Crippen molar-refractivity contribution in [2.24, 2.45) is 0 Å². The predicted octanol–water partition coefficient (Wildman–Crippen LogP) is -0.171. The van der Waals surface area contributed by atoms with Gasteiger partial charge < -0.3 is 15.1 Å². The summed E-state index contributed by atoms with van der Waals surface area (Å²) in [7, 11) is 0. The SMILES string of the molecule is CC(=O)N1CCNCCN(C(=O)C(F)(F)F)CC1. The summed E-state index contributed by atoms with van der Waals surface area (Å²) in [6.07, 6.45) is -4.87. The van der Waals surface area contributed by atoms with Crippen molar-refractivity contribution in [3.63, 3.8) is 0 Å². The third-order valence-electron chi connectivity index (χ3n) is 2.73. The van der Waals surface area contributed by atoms with E-state index in [1.54, 1.807) is 0 Å². The fourth-order valence-corrected chi connectivity index (χ4v) is 1.72. The van der Waals surface area contributed by atoms with Crippen molar-refractivity contribution in [2.45, 2.75) is 13.1 Å². The maximum absolute atomic E-state index is 12.3. The van der Waals surface area contributed by atoms with Gasteiger partial charge in [-0.1, -0.05) is 0 Å². The second kappa shape index (κ2) is 6.03. The molecule has 104 valence electrons. The fraction of sp³-hybridized carbons (Fsp3) is 0.800. The molecule has 0 radical (unpaired) electrons. The number of hydrogen-bond donors (Lipinski definition) is 1. The molecule has 0 aromatic rings. The smallest absolute Gasteiger partial charge is 0.340 e. The molecule has 1 aliphatic heterocycles. The summed E-state index contributed by atoms with van der Waals surface area (Å²) >= 11 is 0.